The maximum absolute atomic E-state index is 12.4. The monoisotopic (exact) mass is 299 g/mol. The summed E-state index contributed by atoms with van der Waals surface area (Å²) in [6.07, 6.45) is 1.39. The number of aryl methyl sites for hydroxylation is 2. The number of anilines is 1. The molecule has 0 saturated heterocycles. The molecule has 2 heterocycles. The highest BCUT2D eigenvalue weighted by molar-refractivity contribution is 6.02. The number of nitrogens with one attached hydrogen (secondary N) is 1. The quantitative estimate of drug-likeness (QED) is 0.942. The first-order chi connectivity index (χ1) is 10.5. The third-order valence-corrected chi connectivity index (χ3v) is 3.84. The van der Waals surface area contributed by atoms with E-state index in [0.29, 0.717) is 29.7 Å². The Morgan fingerprint density at radius 1 is 1.27 bits per heavy atom. The van der Waals surface area contributed by atoms with Crippen molar-refractivity contribution in [1.29, 1.82) is 0 Å². The van der Waals surface area contributed by atoms with Crippen LogP contribution >= 0.6 is 0 Å². The van der Waals surface area contributed by atoms with Crippen LogP contribution in [0.3, 0.4) is 0 Å². The van der Waals surface area contributed by atoms with Gasteiger partial charge in [0.05, 0.1) is 11.3 Å². The van der Waals surface area contributed by atoms with Crippen LogP contribution in [0.25, 0.3) is 5.95 Å². The first kappa shape index (κ1) is 14.7. The number of hydrogen-bond acceptors (Lipinski definition) is 5. The van der Waals surface area contributed by atoms with Crippen LogP contribution < -0.4 is 5.32 Å². The largest absolute Gasteiger partial charge is 0.368 e. The summed E-state index contributed by atoms with van der Waals surface area (Å²) in [7, 11) is 0. The van der Waals surface area contributed by atoms with Gasteiger partial charge in [-0.2, -0.15) is 0 Å². The minimum Gasteiger partial charge on any atom is -0.368 e. The standard InChI is InChI=1S/C16H21N5O/c1-5-17-15-14-12(6-9(2)7-13(14)22)21(20-15)16-18-10(3)8-11(4)19-16/h8-9H,5-7H2,1-4H3,(H,17,20). The molecule has 0 spiro atoms. The van der Waals surface area contributed by atoms with Gasteiger partial charge in [0, 0.05) is 24.4 Å². The predicted molar refractivity (Wildman–Crippen MR) is 84.6 cm³/mol. The van der Waals surface area contributed by atoms with Crippen molar-refractivity contribution >= 4 is 11.6 Å². The molecule has 0 aliphatic heterocycles. The molecule has 116 valence electrons. The van der Waals surface area contributed by atoms with E-state index >= 15 is 0 Å². The van der Waals surface area contributed by atoms with Crippen molar-refractivity contribution in [3.05, 3.63) is 28.7 Å². The molecule has 0 saturated carbocycles. The number of fused-ring (bicyclic) bond motifs is 1. The number of rotatable bonds is 3. The highest BCUT2D eigenvalue weighted by Gasteiger charge is 2.31. The van der Waals surface area contributed by atoms with Crippen LogP contribution in [0.1, 0.15) is 47.7 Å². The van der Waals surface area contributed by atoms with E-state index in [4.69, 9.17) is 0 Å². The lowest BCUT2D eigenvalue weighted by molar-refractivity contribution is 0.0953. The minimum absolute atomic E-state index is 0.153. The van der Waals surface area contributed by atoms with Crippen molar-refractivity contribution in [3.8, 4) is 5.95 Å². The Hall–Kier alpha value is -2.24. The first-order valence-electron chi connectivity index (χ1n) is 7.71. The van der Waals surface area contributed by atoms with Gasteiger partial charge >= 0.3 is 0 Å². The smallest absolute Gasteiger partial charge is 0.251 e. The molecule has 0 amide bonds. The molecule has 0 aromatic carbocycles. The second kappa shape index (κ2) is 5.51. The van der Waals surface area contributed by atoms with E-state index in [0.717, 1.165) is 30.0 Å². The fraction of sp³-hybridized carbons (Fsp3) is 0.500. The second-order valence-electron chi connectivity index (χ2n) is 6.00. The molecule has 0 radical (unpaired) electrons. The summed E-state index contributed by atoms with van der Waals surface area (Å²) in [6.45, 7) is 8.68. The number of Topliss-reactive ketones (excluding diaryl/α,β-unsaturated/α-hetero) is 1. The molecular weight excluding hydrogens is 278 g/mol. The van der Waals surface area contributed by atoms with Crippen molar-refractivity contribution in [2.24, 2.45) is 5.92 Å². The molecule has 6 nitrogen and oxygen atoms in total. The van der Waals surface area contributed by atoms with Crippen LogP contribution in [0.5, 0.6) is 0 Å². The SMILES string of the molecule is CCNc1nn(-c2nc(C)cc(C)n2)c2c1C(=O)CC(C)C2. The van der Waals surface area contributed by atoms with Crippen LogP contribution in [-0.4, -0.2) is 32.1 Å². The van der Waals surface area contributed by atoms with Gasteiger partial charge in [-0.3, -0.25) is 4.79 Å². The van der Waals surface area contributed by atoms with Crippen molar-refractivity contribution in [2.75, 3.05) is 11.9 Å². The molecule has 1 unspecified atom stereocenters. The van der Waals surface area contributed by atoms with Crippen LogP contribution in [0.15, 0.2) is 6.07 Å². The van der Waals surface area contributed by atoms with Gasteiger partial charge in [0.1, 0.15) is 0 Å². The predicted octanol–water partition coefficient (Wildman–Crippen LogP) is 2.48. The van der Waals surface area contributed by atoms with Gasteiger partial charge in [0.2, 0.25) is 0 Å². The van der Waals surface area contributed by atoms with Gasteiger partial charge in [-0.25, -0.2) is 14.6 Å². The lowest BCUT2D eigenvalue weighted by Gasteiger charge is -2.18. The van der Waals surface area contributed by atoms with Gasteiger partial charge in [0.15, 0.2) is 11.6 Å². The zero-order chi connectivity index (χ0) is 15.9. The highest BCUT2D eigenvalue weighted by atomic mass is 16.1. The molecule has 2 aromatic heterocycles. The van der Waals surface area contributed by atoms with E-state index in [1.807, 2.05) is 26.8 Å². The first-order valence-corrected chi connectivity index (χ1v) is 7.71. The van der Waals surface area contributed by atoms with Gasteiger partial charge in [-0.1, -0.05) is 6.92 Å². The topological polar surface area (TPSA) is 72.7 Å². The van der Waals surface area contributed by atoms with Crippen molar-refractivity contribution in [1.82, 2.24) is 19.7 Å². The molecular formula is C16H21N5O. The van der Waals surface area contributed by atoms with E-state index in [1.54, 1.807) is 4.68 Å². The molecule has 2 aromatic rings. The number of aromatic nitrogens is 4. The molecule has 6 heteroatoms. The Balaban J connectivity index is 2.19. The third-order valence-electron chi connectivity index (χ3n) is 3.84. The Morgan fingerprint density at radius 3 is 2.59 bits per heavy atom. The summed E-state index contributed by atoms with van der Waals surface area (Å²) in [5.74, 6) is 1.66. The number of carbonyl (C=O) groups excluding carboxylic acids is 1. The van der Waals surface area contributed by atoms with E-state index in [1.165, 1.54) is 0 Å². The summed E-state index contributed by atoms with van der Waals surface area (Å²) in [6, 6.07) is 1.93. The number of nitrogens with zero attached hydrogens (tertiary/aromatic N) is 4. The van der Waals surface area contributed by atoms with E-state index in [-0.39, 0.29) is 5.78 Å². The summed E-state index contributed by atoms with van der Waals surface area (Å²) >= 11 is 0. The number of hydrogen-bond donors (Lipinski definition) is 1. The van der Waals surface area contributed by atoms with Crippen molar-refractivity contribution < 1.29 is 4.79 Å². The maximum Gasteiger partial charge on any atom is 0.251 e. The summed E-state index contributed by atoms with van der Waals surface area (Å²) in [5.41, 5.74) is 3.42. The summed E-state index contributed by atoms with van der Waals surface area (Å²) in [5, 5.41) is 7.77. The van der Waals surface area contributed by atoms with Crippen molar-refractivity contribution in [3.63, 3.8) is 0 Å². The molecule has 1 aliphatic carbocycles. The van der Waals surface area contributed by atoms with Gasteiger partial charge < -0.3 is 5.32 Å². The van der Waals surface area contributed by atoms with Gasteiger partial charge in [0.25, 0.3) is 5.95 Å². The van der Waals surface area contributed by atoms with Crippen molar-refractivity contribution in [2.45, 2.75) is 40.5 Å². The number of ketones is 1. The third kappa shape index (κ3) is 2.49. The van der Waals surface area contributed by atoms with Crippen LogP contribution in [0, 0.1) is 19.8 Å². The van der Waals surface area contributed by atoms with Gasteiger partial charge in [-0.05, 0) is 39.2 Å². The Morgan fingerprint density at radius 2 is 1.95 bits per heavy atom. The minimum atomic E-state index is 0.153. The average molecular weight is 299 g/mol. The number of carbonyl (C=O) groups is 1. The zero-order valence-corrected chi connectivity index (χ0v) is 13.5. The van der Waals surface area contributed by atoms with Crippen LogP contribution in [0.4, 0.5) is 5.82 Å². The molecule has 0 fully saturated rings. The second-order valence-corrected chi connectivity index (χ2v) is 6.00. The highest BCUT2D eigenvalue weighted by Crippen LogP contribution is 2.31. The Bertz CT molecular complexity index is 714. The molecule has 22 heavy (non-hydrogen) atoms. The normalized spacial score (nSPS) is 17.5. The zero-order valence-electron chi connectivity index (χ0n) is 13.5. The van der Waals surface area contributed by atoms with E-state index in [2.05, 4.69) is 27.3 Å². The summed E-state index contributed by atoms with van der Waals surface area (Å²) in [4.78, 5) is 21.4. The van der Waals surface area contributed by atoms with Gasteiger partial charge in [-0.15, -0.1) is 5.10 Å². The van der Waals surface area contributed by atoms with Crippen LogP contribution in [-0.2, 0) is 6.42 Å². The molecule has 0 bridgehead atoms. The molecule has 1 atom stereocenters. The Labute approximate surface area is 130 Å². The molecule has 1 N–H and O–H groups in total. The lowest BCUT2D eigenvalue weighted by atomic mass is 9.88. The average Bonchev–Trinajstić information content (AvgIpc) is 2.77. The summed E-state index contributed by atoms with van der Waals surface area (Å²) < 4.78 is 1.74. The van der Waals surface area contributed by atoms with Crippen LogP contribution in [0.2, 0.25) is 0 Å². The Kier molecular flexibility index (Phi) is 3.68. The van der Waals surface area contributed by atoms with E-state index in [9.17, 15) is 4.79 Å². The molecule has 3 rings (SSSR count). The van der Waals surface area contributed by atoms with E-state index < -0.39 is 0 Å². The fourth-order valence-corrected chi connectivity index (χ4v) is 3.01. The maximum atomic E-state index is 12.4. The fourth-order valence-electron chi connectivity index (χ4n) is 3.01. The molecule has 1 aliphatic rings. The lowest BCUT2D eigenvalue weighted by Crippen LogP contribution is -2.20.